The van der Waals surface area contributed by atoms with E-state index in [4.69, 9.17) is 0 Å². The topological polar surface area (TPSA) is 0 Å². The van der Waals surface area contributed by atoms with E-state index in [0.717, 1.165) is 0 Å². The molecule has 0 heteroatoms. The van der Waals surface area contributed by atoms with Crippen molar-refractivity contribution in [3.8, 4) is 0 Å². The van der Waals surface area contributed by atoms with Crippen LogP contribution in [0.5, 0.6) is 0 Å². The van der Waals surface area contributed by atoms with Crippen LogP contribution in [0.25, 0.3) is 0 Å². The van der Waals surface area contributed by atoms with Crippen LogP contribution in [0.3, 0.4) is 0 Å². The number of hydrogen-bond donors (Lipinski definition) is 0. The van der Waals surface area contributed by atoms with Gasteiger partial charge in [-0.15, -0.1) is 0 Å². The predicted molar refractivity (Wildman–Crippen MR) is 126 cm³/mol. The molecule has 0 fully saturated rings. The molecule has 0 radical (unpaired) electrons. The minimum atomic E-state index is 0.220. The van der Waals surface area contributed by atoms with Crippen molar-refractivity contribution in [2.24, 2.45) is 0 Å². The quantitative estimate of drug-likeness (QED) is 0.383. The molecule has 2 aromatic carbocycles. The second-order valence-corrected chi connectivity index (χ2v) is 9.74. The number of rotatable bonds is 9. The van der Waals surface area contributed by atoms with Crippen LogP contribution in [0, 0.1) is 0 Å². The molecule has 0 heterocycles. The Labute approximate surface area is 174 Å². The maximum absolute atomic E-state index is 2.50. The Morgan fingerprint density at radius 3 is 1.93 bits per heavy atom. The van der Waals surface area contributed by atoms with Gasteiger partial charge in [-0.05, 0) is 83.6 Å². The summed E-state index contributed by atoms with van der Waals surface area (Å²) in [5.74, 6) is 1.30. The fourth-order valence-electron chi connectivity index (χ4n) is 4.03. The van der Waals surface area contributed by atoms with Crippen LogP contribution in [-0.4, -0.2) is 0 Å². The highest BCUT2D eigenvalue weighted by Gasteiger charge is 2.20. The van der Waals surface area contributed by atoms with Gasteiger partial charge in [0, 0.05) is 0 Å². The number of aryl methyl sites for hydroxylation is 2. The maximum Gasteiger partial charge on any atom is -0.0129 e. The van der Waals surface area contributed by atoms with Crippen LogP contribution in [-0.2, 0) is 18.3 Å². The highest BCUT2D eigenvalue weighted by atomic mass is 14.2. The Morgan fingerprint density at radius 1 is 0.750 bits per heavy atom. The van der Waals surface area contributed by atoms with Gasteiger partial charge in [0.15, 0.2) is 0 Å². The molecule has 0 aliphatic heterocycles. The number of unbranched alkanes of at least 4 members (excludes halogenated alkanes) is 1. The van der Waals surface area contributed by atoms with E-state index in [1.165, 1.54) is 60.8 Å². The Morgan fingerprint density at radius 2 is 1.36 bits per heavy atom. The molecule has 0 aliphatic rings. The zero-order chi connectivity index (χ0) is 20.7. The van der Waals surface area contributed by atoms with Gasteiger partial charge in [0.1, 0.15) is 0 Å². The molecule has 28 heavy (non-hydrogen) atoms. The highest BCUT2D eigenvalue weighted by molar-refractivity contribution is 5.38. The summed E-state index contributed by atoms with van der Waals surface area (Å²) in [6, 6.07) is 16.5. The third kappa shape index (κ3) is 6.23. The second kappa shape index (κ2) is 10.3. The summed E-state index contributed by atoms with van der Waals surface area (Å²) in [6.07, 6.45) is 7.35. The lowest BCUT2D eigenvalue weighted by atomic mass is 9.79. The molecule has 0 aromatic heterocycles. The van der Waals surface area contributed by atoms with Crippen LogP contribution in [0.2, 0.25) is 0 Å². The molecule has 0 saturated heterocycles. The standard InChI is InChI=1S/C28H42/c1-8-21(3)25-16-12-15-23(19-25)13-10-11-14-24-17-18-27(28(5,6)7)26(20-24)22(4)9-2/h12,15-22H,8-11,13-14H2,1-7H3. The minimum absolute atomic E-state index is 0.220. The lowest BCUT2D eigenvalue weighted by Gasteiger charge is -2.26. The van der Waals surface area contributed by atoms with Gasteiger partial charge >= 0.3 is 0 Å². The molecule has 0 saturated carbocycles. The van der Waals surface area contributed by atoms with E-state index in [0.29, 0.717) is 11.8 Å². The first kappa shape index (κ1) is 22.7. The van der Waals surface area contributed by atoms with Crippen LogP contribution < -0.4 is 0 Å². The largest absolute Gasteiger partial charge is 0.0648 e. The zero-order valence-corrected chi connectivity index (χ0v) is 19.4. The summed E-state index contributed by atoms with van der Waals surface area (Å²) in [4.78, 5) is 0. The van der Waals surface area contributed by atoms with Crippen molar-refractivity contribution in [1.29, 1.82) is 0 Å². The zero-order valence-electron chi connectivity index (χ0n) is 19.4. The van der Waals surface area contributed by atoms with Gasteiger partial charge in [-0.3, -0.25) is 0 Å². The van der Waals surface area contributed by atoms with Crippen molar-refractivity contribution in [3.63, 3.8) is 0 Å². The molecule has 2 atom stereocenters. The van der Waals surface area contributed by atoms with E-state index >= 15 is 0 Å². The molecular formula is C28H42. The van der Waals surface area contributed by atoms with E-state index in [1.807, 2.05) is 0 Å². The average Bonchev–Trinajstić information content (AvgIpc) is 2.69. The molecule has 0 spiro atoms. The average molecular weight is 379 g/mol. The first-order valence-electron chi connectivity index (χ1n) is 11.5. The summed E-state index contributed by atoms with van der Waals surface area (Å²) in [6.45, 7) is 16.3. The van der Waals surface area contributed by atoms with E-state index in [9.17, 15) is 0 Å². The lowest BCUT2D eigenvalue weighted by molar-refractivity contribution is 0.569. The lowest BCUT2D eigenvalue weighted by Crippen LogP contribution is -2.15. The van der Waals surface area contributed by atoms with Crippen LogP contribution >= 0.6 is 0 Å². The third-order valence-electron chi connectivity index (χ3n) is 6.38. The van der Waals surface area contributed by atoms with Gasteiger partial charge < -0.3 is 0 Å². The van der Waals surface area contributed by atoms with E-state index in [-0.39, 0.29) is 5.41 Å². The highest BCUT2D eigenvalue weighted by Crippen LogP contribution is 2.33. The number of benzene rings is 2. The van der Waals surface area contributed by atoms with Gasteiger partial charge in [0.2, 0.25) is 0 Å². The van der Waals surface area contributed by atoms with Crippen molar-refractivity contribution < 1.29 is 0 Å². The fraction of sp³-hybridized carbons (Fsp3) is 0.571. The summed E-state index contributed by atoms with van der Waals surface area (Å²) in [7, 11) is 0. The molecule has 2 unspecified atom stereocenters. The van der Waals surface area contributed by atoms with Gasteiger partial charge in [-0.25, -0.2) is 0 Å². The smallest absolute Gasteiger partial charge is 0.0129 e. The summed E-state index contributed by atoms with van der Waals surface area (Å²) < 4.78 is 0. The van der Waals surface area contributed by atoms with Crippen molar-refractivity contribution in [2.75, 3.05) is 0 Å². The van der Waals surface area contributed by atoms with Crippen LogP contribution in [0.4, 0.5) is 0 Å². The molecule has 0 N–H and O–H groups in total. The van der Waals surface area contributed by atoms with Gasteiger partial charge in [-0.1, -0.05) is 90.9 Å². The van der Waals surface area contributed by atoms with E-state index in [1.54, 1.807) is 5.56 Å². The first-order chi connectivity index (χ1) is 13.3. The normalized spacial score (nSPS) is 14.1. The van der Waals surface area contributed by atoms with Crippen molar-refractivity contribution in [2.45, 2.75) is 104 Å². The first-order valence-corrected chi connectivity index (χ1v) is 11.5. The third-order valence-corrected chi connectivity index (χ3v) is 6.38. The number of hydrogen-bond acceptors (Lipinski definition) is 0. The monoisotopic (exact) mass is 378 g/mol. The maximum atomic E-state index is 2.50. The Hall–Kier alpha value is -1.56. The van der Waals surface area contributed by atoms with Gasteiger partial charge in [0.05, 0.1) is 0 Å². The van der Waals surface area contributed by atoms with E-state index < -0.39 is 0 Å². The van der Waals surface area contributed by atoms with Crippen molar-refractivity contribution in [1.82, 2.24) is 0 Å². The molecule has 0 aliphatic carbocycles. The van der Waals surface area contributed by atoms with Crippen molar-refractivity contribution >= 4 is 0 Å². The Bertz CT molecular complexity index is 732. The van der Waals surface area contributed by atoms with Gasteiger partial charge in [0.25, 0.3) is 0 Å². The molecule has 0 nitrogen and oxygen atoms in total. The molecule has 154 valence electrons. The Balaban J connectivity index is 1.98. The van der Waals surface area contributed by atoms with Crippen LogP contribution in [0.1, 0.15) is 114 Å². The van der Waals surface area contributed by atoms with Crippen LogP contribution in [0.15, 0.2) is 42.5 Å². The molecule has 2 aromatic rings. The van der Waals surface area contributed by atoms with Crippen molar-refractivity contribution in [3.05, 3.63) is 70.3 Å². The predicted octanol–water partition coefficient (Wildman–Crippen LogP) is 8.58. The van der Waals surface area contributed by atoms with Gasteiger partial charge in [-0.2, -0.15) is 0 Å². The SMILES string of the molecule is CCC(C)c1cccc(CCCCc2ccc(C(C)(C)C)c(C(C)CC)c2)c1. The second-order valence-electron chi connectivity index (χ2n) is 9.74. The fourth-order valence-corrected chi connectivity index (χ4v) is 4.03. The summed E-state index contributed by atoms with van der Waals surface area (Å²) in [5.41, 5.74) is 7.81. The minimum Gasteiger partial charge on any atom is -0.0648 e. The summed E-state index contributed by atoms with van der Waals surface area (Å²) in [5, 5.41) is 0. The molecule has 0 bridgehead atoms. The van der Waals surface area contributed by atoms with E-state index in [2.05, 4.69) is 90.9 Å². The summed E-state index contributed by atoms with van der Waals surface area (Å²) >= 11 is 0. The molecule has 2 rings (SSSR count). The molecule has 0 amide bonds. The molecular weight excluding hydrogens is 336 g/mol. The Kier molecular flexibility index (Phi) is 8.35.